The Labute approximate surface area is 84.2 Å². The Hall–Kier alpha value is -1.62. The lowest BCUT2D eigenvalue weighted by Gasteiger charge is -2.10. The van der Waals surface area contributed by atoms with Gasteiger partial charge in [0, 0.05) is 5.92 Å². The first-order valence-electron chi connectivity index (χ1n) is 4.71. The van der Waals surface area contributed by atoms with Crippen LogP contribution in [-0.2, 0) is 11.2 Å². The minimum atomic E-state index is -0.127. The third-order valence-electron chi connectivity index (χ3n) is 2.35. The molecule has 0 aliphatic heterocycles. The molecule has 0 aliphatic rings. The van der Waals surface area contributed by atoms with Crippen LogP contribution in [0.5, 0.6) is 0 Å². The van der Waals surface area contributed by atoms with Gasteiger partial charge in [-0.1, -0.05) is 19.9 Å². The summed E-state index contributed by atoms with van der Waals surface area (Å²) in [7, 11) is 0. The fourth-order valence-corrected chi connectivity index (χ4v) is 1.48. The Balaban J connectivity index is 3.22. The molecule has 1 aromatic carbocycles. The summed E-state index contributed by atoms with van der Waals surface area (Å²) in [5, 5.41) is 8.74. The van der Waals surface area contributed by atoms with Crippen LogP contribution in [0.3, 0.4) is 0 Å². The van der Waals surface area contributed by atoms with E-state index in [-0.39, 0.29) is 5.92 Å². The van der Waals surface area contributed by atoms with E-state index in [9.17, 15) is 4.79 Å². The Morgan fingerprint density at radius 1 is 1.57 bits per heavy atom. The molecule has 0 saturated heterocycles. The van der Waals surface area contributed by atoms with Gasteiger partial charge in [0.25, 0.3) is 0 Å². The Bertz CT molecular complexity index is 376. The molecule has 0 bridgehead atoms. The molecule has 1 rings (SSSR count). The summed E-state index contributed by atoms with van der Waals surface area (Å²) in [6, 6.07) is 7.60. The molecule has 0 heterocycles. The summed E-state index contributed by atoms with van der Waals surface area (Å²) in [6.45, 7) is 3.89. The van der Waals surface area contributed by atoms with Crippen LogP contribution in [0.25, 0.3) is 0 Å². The molecule has 2 nitrogen and oxygen atoms in total. The SMILES string of the molecule is CCc1ccc(C#N)cc1C(C)C=O. The first kappa shape index (κ1) is 10.5. The second kappa shape index (κ2) is 4.57. The van der Waals surface area contributed by atoms with E-state index >= 15 is 0 Å². The Kier molecular flexibility index (Phi) is 3.41. The largest absolute Gasteiger partial charge is 0.303 e. The van der Waals surface area contributed by atoms with Crippen LogP contribution in [0.4, 0.5) is 0 Å². The van der Waals surface area contributed by atoms with E-state index in [1.807, 2.05) is 19.9 Å². The molecule has 1 aromatic rings. The highest BCUT2D eigenvalue weighted by molar-refractivity contribution is 5.63. The quantitative estimate of drug-likeness (QED) is 0.682. The van der Waals surface area contributed by atoms with Crippen molar-refractivity contribution in [2.24, 2.45) is 0 Å². The summed E-state index contributed by atoms with van der Waals surface area (Å²) in [5.41, 5.74) is 2.73. The van der Waals surface area contributed by atoms with Crippen molar-refractivity contribution in [1.29, 1.82) is 5.26 Å². The standard InChI is InChI=1S/C12H13NO/c1-3-11-5-4-10(7-13)6-12(11)9(2)8-14/h4-6,8-9H,3H2,1-2H3. The molecule has 0 N–H and O–H groups in total. The molecule has 1 atom stereocenters. The van der Waals surface area contributed by atoms with E-state index in [4.69, 9.17) is 5.26 Å². The van der Waals surface area contributed by atoms with Gasteiger partial charge >= 0.3 is 0 Å². The molecule has 0 aromatic heterocycles. The summed E-state index contributed by atoms with van der Waals surface area (Å²) in [5.74, 6) is -0.127. The topological polar surface area (TPSA) is 40.9 Å². The number of aldehydes is 1. The minimum absolute atomic E-state index is 0.127. The van der Waals surface area contributed by atoms with Crippen LogP contribution in [0.15, 0.2) is 18.2 Å². The number of nitriles is 1. The van der Waals surface area contributed by atoms with Crippen LogP contribution in [0, 0.1) is 11.3 Å². The average molecular weight is 187 g/mol. The predicted octanol–water partition coefficient (Wildman–Crippen LogP) is 2.42. The third kappa shape index (κ3) is 2.00. The molecule has 2 heteroatoms. The molecule has 0 spiro atoms. The lowest BCUT2D eigenvalue weighted by atomic mass is 9.93. The van der Waals surface area contributed by atoms with Gasteiger partial charge < -0.3 is 4.79 Å². The van der Waals surface area contributed by atoms with Gasteiger partial charge in [0.15, 0.2) is 0 Å². The van der Waals surface area contributed by atoms with Crippen LogP contribution in [0.1, 0.15) is 36.5 Å². The molecule has 72 valence electrons. The van der Waals surface area contributed by atoms with Crippen molar-refractivity contribution in [1.82, 2.24) is 0 Å². The highest BCUT2D eigenvalue weighted by Crippen LogP contribution is 2.20. The normalized spacial score (nSPS) is 11.8. The van der Waals surface area contributed by atoms with Crippen molar-refractivity contribution in [2.45, 2.75) is 26.2 Å². The smallest absolute Gasteiger partial charge is 0.127 e. The van der Waals surface area contributed by atoms with Crippen molar-refractivity contribution in [2.75, 3.05) is 0 Å². The number of hydrogen-bond acceptors (Lipinski definition) is 2. The van der Waals surface area contributed by atoms with Gasteiger partial charge in [0.2, 0.25) is 0 Å². The number of carbonyl (C=O) groups excluding carboxylic acids is 1. The molecule has 1 unspecified atom stereocenters. The van der Waals surface area contributed by atoms with Crippen LogP contribution in [-0.4, -0.2) is 6.29 Å². The van der Waals surface area contributed by atoms with E-state index in [2.05, 4.69) is 6.07 Å². The summed E-state index contributed by atoms with van der Waals surface area (Å²) in [6.07, 6.45) is 1.80. The van der Waals surface area contributed by atoms with E-state index in [0.29, 0.717) is 5.56 Å². The predicted molar refractivity (Wildman–Crippen MR) is 55.0 cm³/mol. The molecule has 0 fully saturated rings. The van der Waals surface area contributed by atoms with Crippen LogP contribution >= 0.6 is 0 Å². The first-order chi connectivity index (χ1) is 6.72. The van der Waals surface area contributed by atoms with Gasteiger partial charge in [-0.25, -0.2) is 0 Å². The van der Waals surface area contributed by atoms with Crippen molar-refractivity contribution in [3.8, 4) is 6.07 Å². The summed E-state index contributed by atoms with van der Waals surface area (Å²) < 4.78 is 0. The maximum atomic E-state index is 10.7. The van der Waals surface area contributed by atoms with E-state index in [1.54, 1.807) is 12.1 Å². The zero-order valence-corrected chi connectivity index (χ0v) is 8.45. The van der Waals surface area contributed by atoms with Gasteiger partial charge in [-0.2, -0.15) is 5.26 Å². The van der Waals surface area contributed by atoms with Gasteiger partial charge in [0.05, 0.1) is 11.6 Å². The molecule has 0 aliphatic carbocycles. The van der Waals surface area contributed by atoms with Crippen LogP contribution in [0.2, 0.25) is 0 Å². The highest BCUT2D eigenvalue weighted by Gasteiger charge is 2.09. The molecular weight excluding hydrogens is 174 g/mol. The van der Waals surface area contributed by atoms with Gasteiger partial charge in [-0.3, -0.25) is 0 Å². The third-order valence-corrected chi connectivity index (χ3v) is 2.35. The number of hydrogen-bond donors (Lipinski definition) is 0. The molecular formula is C12H13NO. The number of aryl methyl sites for hydroxylation is 1. The number of rotatable bonds is 3. The van der Waals surface area contributed by atoms with Crippen molar-refractivity contribution in [3.05, 3.63) is 34.9 Å². The van der Waals surface area contributed by atoms with Crippen molar-refractivity contribution >= 4 is 6.29 Å². The fourth-order valence-electron chi connectivity index (χ4n) is 1.48. The maximum absolute atomic E-state index is 10.7. The number of benzene rings is 1. The summed E-state index contributed by atoms with van der Waals surface area (Å²) >= 11 is 0. The zero-order valence-electron chi connectivity index (χ0n) is 8.45. The van der Waals surface area contributed by atoms with Gasteiger partial charge in [0.1, 0.15) is 6.29 Å². The molecule has 0 radical (unpaired) electrons. The summed E-state index contributed by atoms with van der Waals surface area (Å²) in [4.78, 5) is 10.7. The average Bonchev–Trinajstić information content (AvgIpc) is 2.27. The van der Waals surface area contributed by atoms with Gasteiger partial charge in [-0.15, -0.1) is 0 Å². The Morgan fingerprint density at radius 2 is 2.29 bits per heavy atom. The minimum Gasteiger partial charge on any atom is -0.303 e. The monoisotopic (exact) mass is 187 g/mol. The fraction of sp³-hybridized carbons (Fsp3) is 0.333. The van der Waals surface area contributed by atoms with E-state index in [0.717, 1.165) is 23.8 Å². The molecule has 0 amide bonds. The highest BCUT2D eigenvalue weighted by atomic mass is 16.1. The zero-order chi connectivity index (χ0) is 10.6. The molecule has 14 heavy (non-hydrogen) atoms. The lowest BCUT2D eigenvalue weighted by molar-refractivity contribution is -0.108. The van der Waals surface area contributed by atoms with Gasteiger partial charge in [-0.05, 0) is 29.7 Å². The second-order valence-electron chi connectivity index (χ2n) is 3.30. The van der Waals surface area contributed by atoms with Crippen molar-refractivity contribution in [3.63, 3.8) is 0 Å². The number of carbonyl (C=O) groups is 1. The van der Waals surface area contributed by atoms with Crippen molar-refractivity contribution < 1.29 is 4.79 Å². The number of nitrogens with zero attached hydrogens (tertiary/aromatic N) is 1. The van der Waals surface area contributed by atoms with E-state index in [1.165, 1.54) is 0 Å². The second-order valence-corrected chi connectivity index (χ2v) is 3.30. The van der Waals surface area contributed by atoms with E-state index < -0.39 is 0 Å². The first-order valence-corrected chi connectivity index (χ1v) is 4.71. The van der Waals surface area contributed by atoms with Crippen LogP contribution < -0.4 is 0 Å². The Morgan fingerprint density at radius 3 is 2.79 bits per heavy atom. The lowest BCUT2D eigenvalue weighted by Crippen LogP contribution is -2.00. The molecule has 0 saturated carbocycles. The maximum Gasteiger partial charge on any atom is 0.127 e.